The third-order valence-corrected chi connectivity index (χ3v) is 2.51. The molecular weight excluding hydrogens is 180 g/mol. The maximum Gasteiger partial charge on any atom is 0.303 e. The fraction of sp³-hybridized carbons (Fsp3) is 0.900. The van der Waals surface area contributed by atoms with Crippen molar-refractivity contribution in [2.24, 2.45) is 0 Å². The Morgan fingerprint density at radius 2 is 1.93 bits per heavy atom. The van der Waals surface area contributed by atoms with E-state index in [-0.39, 0.29) is 0 Å². The van der Waals surface area contributed by atoms with Gasteiger partial charge in [0.1, 0.15) is 0 Å². The van der Waals surface area contributed by atoms with E-state index in [4.69, 9.17) is 5.11 Å². The van der Waals surface area contributed by atoms with Crippen LogP contribution < -0.4 is 5.43 Å². The second-order valence-corrected chi connectivity index (χ2v) is 3.81. The molecule has 0 aromatic rings. The van der Waals surface area contributed by atoms with E-state index in [1.165, 1.54) is 19.3 Å². The van der Waals surface area contributed by atoms with Crippen molar-refractivity contribution in [2.75, 3.05) is 19.6 Å². The molecule has 0 spiro atoms. The van der Waals surface area contributed by atoms with Crippen LogP contribution >= 0.6 is 0 Å². The number of hydrogen-bond donors (Lipinski definition) is 2. The van der Waals surface area contributed by atoms with Gasteiger partial charge in [0.2, 0.25) is 0 Å². The Labute approximate surface area is 85.3 Å². The zero-order valence-corrected chi connectivity index (χ0v) is 8.67. The average molecular weight is 200 g/mol. The SMILES string of the molecule is O=C(O)CCCCNN1CCCCC1. The van der Waals surface area contributed by atoms with Gasteiger partial charge < -0.3 is 5.11 Å². The summed E-state index contributed by atoms with van der Waals surface area (Å²) in [5.41, 5.74) is 3.34. The van der Waals surface area contributed by atoms with Crippen LogP contribution in [0.5, 0.6) is 0 Å². The van der Waals surface area contributed by atoms with E-state index < -0.39 is 5.97 Å². The zero-order chi connectivity index (χ0) is 10.2. The van der Waals surface area contributed by atoms with Gasteiger partial charge in [0.25, 0.3) is 0 Å². The van der Waals surface area contributed by atoms with Crippen molar-refractivity contribution < 1.29 is 9.90 Å². The molecule has 0 saturated carbocycles. The number of unbranched alkanes of at least 4 members (excludes halogenated alkanes) is 1. The van der Waals surface area contributed by atoms with Gasteiger partial charge in [-0.2, -0.15) is 0 Å². The van der Waals surface area contributed by atoms with Crippen LogP contribution in [0.1, 0.15) is 38.5 Å². The lowest BCUT2D eigenvalue weighted by Gasteiger charge is -2.27. The van der Waals surface area contributed by atoms with Crippen molar-refractivity contribution in [1.82, 2.24) is 10.4 Å². The van der Waals surface area contributed by atoms with Crippen molar-refractivity contribution in [2.45, 2.75) is 38.5 Å². The van der Waals surface area contributed by atoms with E-state index >= 15 is 0 Å². The van der Waals surface area contributed by atoms with Crippen LogP contribution in [0.25, 0.3) is 0 Å². The first-order valence-corrected chi connectivity index (χ1v) is 5.49. The van der Waals surface area contributed by atoms with Gasteiger partial charge in [-0.25, -0.2) is 5.01 Å². The minimum absolute atomic E-state index is 0.293. The van der Waals surface area contributed by atoms with E-state index in [2.05, 4.69) is 10.4 Å². The molecule has 4 nitrogen and oxygen atoms in total. The smallest absolute Gasteiger partial charge is 0.303 e. The molecule has 0 aromatic carbocycles. The molecule has 82 valence electrons. The molecule has 1 heterocycles. The molecule has 0 bridgehead atoms. The summed E-state index contributed by atoms with van der Waals surface area (Å²) in [4.78, 5) is 10.2. The van der Waals surface area contributed by atoms with Gasteiger partial charge in [0, 0.05) is 26.1 Å². The van der Waals surface area contributed by atoms with Gasteiger partial charge in [-0.1, -0.05) is 6.42 Å². The number of hydrazine groups is 1. The maximum absolute atomic E-state index is 10.2. The molecule has 1 aliphatic heterocycles. The Morgan fingerprint density at radius 3 is 2.57 bits per heavy atom. The van der Waals surface area contributed by atoms with Crippen LogP contribution in [0.15, 0.2) is 0 Å². The standard InChI is InChI=1S/C10H20N2O2/c13-10(14)6-2-3-7-11-12-8-4-1-5-9-12/h11H,1-9H2,(H,13,14). The lowest BCUT2D eigenvalue weighted by atomic mass is 10.2. The number of carboxylic acids is 1. The summed E-state index contributed by atoms with van der Waals surface area (Å²) >= 11 is 0. The van der Waals surface area contributed by atoms with Crippen LogP contribution in [0.4, 0.5) is 0 Å². The minimum atomic E-state index is -0.692. The topological polar surface area (TPSA) is 52.6 Å². The van der Waals surface area contributed by atoms with Gasteiger partial charge in [0.15, 0.2) is 0 Å². The molecule has 0 atom stereocenters. The van der Waals surface area contributed by atoms with Crippen molar-refractivity contribution in [1.29, 1.82) is 0 Å². The summed E-state index contributed by atoms with van der Waals surface area (Å²) in [6.07, 6.45) is 5.92. The summed E-state index contributed by atoms with van der Waals surface area (Å²) in [5, 5.41) is 10.7. The Morgan fingerprint density at radius 1 is 1.21 bits per heavy atom. The Balaban J connectivity index is 1.90. The Bertz CT molecular complexity index is 168. The molecule has 1 rings (SSSR count). The monoisotopic (exact) mass is 200 g/mol. The lowest BCUT2D eigenvalue weighted by molar-refractivity contribution is -0.137. The average Bonchev–Trinajstić information content (AvgIpc) is 2.18. The summed E-state index contributed by atoms with van der Waals surface area (Å²) in [5.74, 6) is -0.692. The second-order valence-electron chi connectivity index (χ2n) is 3.81. The fourth-order valence-electron chi connectivity index (χ4n) is 1.69. The number of carbonyl (C=O) groups is 1. The number of carboxylic acid groups (broad SMARTS) is 1. The number of nitrogens with one attached hydrogen (secondary N) is 1. The van der Waals surface area contributed by atoms with E-state index in [1.807, 2.05) is 0 Å². The summed E-state index contributed by atoms with van der Waals surface area (Å²) in [7, 11) is 0. The molecule has 0 unspecified atom stereocenters. The molecule has 14 heavy (non-hydrogen) atoms. The van der Waals surface area contributed by atoms with Gasteiger partial charge in [-0.3, -0.25) is 10.2 Å². The van der Waals surface area contributed by atoms with Crippen LogP contribution in [-0.2, 0) is 4.79 Å². The third kappa shape index (κ3) is 5.19. The Hall–Kier alpha value is -0.610. The van der Waals surface area contributed by atoms with Crippen molar-refractivity contribution in [3.05, 3.63) is 0 Å². The zero-order valence-electron chi connectivity index (χ0n) is 8.67. The normalized spacial score (nSPS) is 18.3. The highest BCUT2D eigenvalue weighted by Crippen LogP contribution is 2.05. The predicted molar refractivity (Wildman–Crippen MR) is 54.9 cm³/mol. The molecule has 1 aliphatic rings. The van der Waals surface area contributed by atoms with Crippen molar-refractivity contribution in [3.63, 3.8) is 0 Å². The number of piperidine rings is 1. The number of aliphatic carboxylic acids is 1. The summed E-state index contributed by atoms with van der Waals surface area (Å²) in [6.45, 7) is 3.19. The van der Waals surface area contributed by atoms with Crippen LogP contribution in [0, 0.1) is 0 Å². The van der Waals surface area contributed by atoms with Gasteiger partial charge in [0.05, 0.1) is 0 Å². The van der Waals surface area contributed by atoms with Crippen molar-refractivity contribution in [3.8, 4) is 0 Å². The van der Waals surface area contributed by atoms with Crippen LogP contribution in [0.2, 0.25) is 0 Å². The molecule has 0 aliphatic carbocycles. The fourth-order valence-corrected chi connectivity index (χ4v) is 1.69. The molecular formula is C10H20N2O2. The molecule has 0 radical (unpaired) electrons. The van der Waals surface area contributed by atoms with Crippen LogP contribution in [-0.4, -0.2) is 35.7 Å². The molecule has 1 fully saturated rings. The highest BCUT2D eigenvalue weighted by atomic mass is 16.4. The van der Waals surface area contributed by atoms with E-state index in [1.54, 1.807) is 0 Å². The molecule has 4 heteroatoms. The number of hydrogen-bond acceptors (Lipinski definition) is 3. The predicted octanol–water partition coefficient (Wildman–Crippen LogP) is 1.23. The highest BCUT2D eigenvalue weighted by Gasteiger charge is 2.08. The first kappa shape index (κ1) is 11.5. The van der Waals surface area contributed by atoms with E-state index in [9.17, 15) is 4.79 Å². The first-order chi connectivity index (χ1) is 6.79. The highest BCUT2D eigenvalue weighted by molar-refractivity contribution is 5.66. The lowest BCUT2D eigenvalue weighted by Crippen LogP contribution is -2.42. The summed E-state index contributed by atoms with van der Waals surface area (Å²) in [6, 6.07) is 0. The molecule has 1 saturated heterocycles. The van der Waals surface area contributed by atoms with Crippen LogP contribution in [0.3, 0.4) is 0 Å². The molecule has 0 amide bonds. The molecule has 0 aromatic heterocycles. The summed E-state index contributed by atoms with van der Waals surface area (Å²) < 4.78 is 0. The number of rotatable bonds is 6. The maximum atomic E-state index is 10.2. The quantitative estimate of drug-likeness (QED) is 0.633. The van der Waals surface area contributed by atoms with Gasteiger partial charge >= 0.3 is 5.97 Å². The van der Waals surface area contributed by atoms with E-state index in [0.29, 0.717) is 6.42 Å². The first-order valence-electron chi connectivity index (χ1n) is 5.49. The van der Waals surface area contributed by atoms with E-state index in [0.717, 1.165) is 32.5 Å². The molecule has 2 N–H and O–H groups in total. The third-order valence-electron chi connectivity index (χ3n) is 2.51. The van der Waals surface area contributed by atoms with Crippen molar-refractivity contribution >= 4 is 5.97 Å². The number of nitrogens with zero attached hydrogens (tertiary/aromatic N) is 1. The second kappa shape index (κ2) is 6.79. The van der Waals surface area contributed by atoms with Gasteiger partial charge in [-0.05, 0) is 25.7 Å². The van der Waals surface area contributed by atoms with Gasteiger partial charge in [-0.15, -0.1) is 0 Å². The minimum Gasteiger partial charge on any atom is -0.481 e. The largest absolute Gasteiger partial charge is 0.481 e. The Kier molecular flexibility index (Phi) is 5.56.